The van der Waals surface area contributed by atoms with E-state index in [0.717, 1.165) is 12.8 Å². The van der Waals surface area contributed by atoms with E-state index >= 15 is 0 Å². The number of amides is 2. The highest BCUT2D eigenvalue weighted by Crippen LogP contribution is 2.17. The van der Waals surface area contributed by atoms with E-state index in [9.17, 15) is 4.79 Å². The van der Waals surface area contributed by atoms with Gasteiger partial charge in [-0.15, -0.1) is 0 Å². The molecule has 0 aromatic carbocycles. The first kappa shape index (κ1) is 11.3. The maximum absolute atomic E-state index is 11.2. The molecule has 0 radical (unpaired) electrons. The topological polar surface area (TPSA) is 59.6 Å². The third kappa shape index (κ3) is 3.51. The van der Waals surface area contributed by atoms with E-state index in [-0.39, 0.29) is 12.3 Å². The summed E-state index contributed by atoms with van der Waals surface area (Å²) in [6, 6.07) is 0.215. The van der Waals surface area contributed by atoms with Crippen LogP contribution in [0, 0.1) is 0 Å². The Morgan fingerprint density at radius 3 is 2.50 bits per heavy atom. The predicted octanol–water partition coefficient (Wildman–Crippen LogP) is 0.457. The Morgan fingerprint density at radius 1 is 1.43 bits per heavy atom. The number of hydrogen-bond donors (Lipinski definition) is 2. The first-order chi connectivity index (χ1) is 6.76. The van der Waals surface area contributed by atoms with Crippen molar-refractivity contribution in [1.29, 1.82) is 0 Å². The highest BCUT2D eigenvalue weighted by molar-refractivity contribution is 5.74. The highest BCUT2D eigenvalue weighted by Gasteiger charge is 2.19. The summed E-state index contributed by atoms with van der Waals surface area (Å²) in [4.78, 5) is 11.2. The van der Waals surface area contributed by atoms with E-state index < -0.39 is 0 Å². The zero-order valence-electron chi connectivity index (χ0n) is 8.71. The number of carbonyl (C=O) groups is 1. The van der Waals surface area contributed by atoms with Crippen LogP contribution < -0.4 is 10.6 Å². The second-order valence-corrected chi connectivity index (χ2v) is 3.38. The van der Waals surface area contributed by atoms with Crippen LogP contribution in [0.3, 0.4) is 0 Å². The number of methoxy groups -OCH3 is 2. The molecule has 0 spiro atoms. The molecule has 0 heterocycles. The van der Waals surface area contributed by atoms with Gasteiger partial charge in [-0.3, -0.25) is 0 Å². The van der Waals surface area contributed by atoms with Gasteiger partial charge in [0.05, 0.1) is 6.54 Å². The maximum Gasteiger partial charge on any atom is 0.315 e. The number of carbonyl (C=O) groups excluding carboxylic acids is 1. The van der Waals surface area contributed by atoms with Crippen LogP contribution >= 0.6 is 0 Å². The summed E-state index contributed by atoms with van der Waals surface area (Å²) in [6.45, 7) is 0.367. The van der Waals surface area contributed by atoms with Gasteiger partial charge in [-0.05, 0) is 19.3 Å². The van der Waals surface area contributed by atoms with Crippen molar-refractivity contribution in [2.75, 3.05) is 20.8 Å². The Kier molecular flexibility index (Phi) is 4.69. The third-order valence-corrected chi connectivity index (χ3v) is 2.40. The Labute approximate surface area is 84.1 Å². The summed E-state index contributed by atoms with van der Waals surface area (Å²) in [7, 11) is 3.08. The average Bonchev–Trinajstić information content (AvgIpc) is 2.13. The molecular formula is C9H18N2O3. The number of hydrogen-bond acceptors (Lipinski definition) is 3. The lowest BCUT2D eigenvalue weighted by atomic mass is 9.93. The molecule has 1 fully saturated rings. The van der Waals surface area contributed by atoms with Crippen molar-refractivity contribution in [2.24, 2.45) is 0 Å². The molecular weight excluding hydrogens is 184 g/mol. The zero-order valence-corrected chi connectivity index (χ0v) is 8.71. The first-order valence-electron chi connectivity index (χ1n) is 4.86. The lowest BCUT2D eigenvalue weighted by Crippen LogP contribution is -2.47. The van der Waals surface area contributed by atoms with Gasteiger partial charge in [-0.1, -0.05) is 0 Å². The normalized spacial score (nSPS) is 16.5. The van der Waals surface area contributed by atoms with Crippen molar-refractivity contribution >= 4 is 6.03 Å². The van der Waals surface area contributed by atoms with Crippen LogP contribution in [0.15, 0.2) is 0 Å². The summed E-state index contributed by atoms with van der Waals surface area (Å²) in [5, 5.41) is 5.54. The van der Waals surface area contributed by atoms with Gasteiger partial charge in [0, 0.05) is 20.3 Å². The van der Waals surface area contributed by atoms with Gasteiger partial charge >= 0.3 is 6.03 Å². The van der Waals surface area contributed by atoms with Gasteiger partial charge in [-0.2, -0.15) is 0 Å². The maximum atomic E-state index is 11.2. The minimum Gasteiger partial charge on any atom is -0.354 e. The molecule has 0 unspecified atom stereocenters. The molecule has 0 aliphatic heterocycles. The molecule has 1 saturated carbocycles. The minimum absolute atomic E-state index is 0.145. The molecule has 1 rings (SSSR count). The van der Waals surface area contributed by atoms with E-state index in [2.05, 4.69) is 10.6 Å². The Hall–Kier alpha value is -0.810. The lowest BCUT2D eigenvalue weighted by molar-refractivity contribution is -0.0972. The molecule has 5 heteroatoms. The van der Waals surface area contributed by atoms with Crippen LogP contribution in [0.1, 0.15) is 19.3 Å². The van der Waals surface area contributed by atoms with Gasteiger partial charge in [0.15, 0.2) is 6.29 Å². The van der Waals surface area contributed by atoms with E-state index in [1.54, 1.807) is 14.2 Å². The molecule has 82 valence electrons. The standard InChI is InChI=1S/C9H18N2O3/c1-13-8(14-2)6-10-9(12)11-7-4-3-5-7/h7-8H,3-6H2,1-2H3,(H2,10,11,12). The molecule has 0 bridgehead atoms. The SMILES string of the molecule is COC(CNC(=O)NC1CCC1)OC. The fraction of sp³-hybridized carbons (Fsp3) is 0.889. The summed E-state index contributed by atoms with van der Waals surface area (Å²) < 4.78 is 9.86. The Balaban J connectivity index is 2.07. The molecule has 0 aromatic heterocycles. The molecule has 2 N–H and O–H groups in total. The van der Waals surface area contributed by atoms with Gasteiger partial charge in [0.25, 0.3) is 0 Å². The second-order valence-electron chi connectivity index (χ2n) is 3.38. The van der Waals surface area contributed by atoms with Crippen molar-refractivity contribution in [3.05, 3.63) is 0 Å². The summed E-state index contributed by atoms with van der Waals surface area (Å²) >= 11 is 0. The van der Waals surface area contributed by atoms with Crippen molar-refractivity contribution in [3.8, 4) is 0 Å². The minimum atomic E-state index is -0.373. The van der Waals surface area contributed by atoms with Crippen LogP contribution in [0.25, 0.3) is 0 Å². The largest absolute Gasteiger partial charge is 0.354 e. The summed E-state index contributed by atoms with van der Waals surface area (Å²) in [5.41, 5.74) is 0. The molecule has 0 atom stereocenters. The fourth-order valence-corrected chi connectivity index (χ4v) is 1.23. The van der Waals surface area contributed by atoms with E-state index in [1.165, 1.54) is 6.42 Å². The van der Waals surface area contributed by atoms with E-state index in [4.69, 9.17) is 9.47 Å². The number of urea groups is 1. The van der Waals surface area contributed by atoms with E-state index in [1.807, 2.05) is 0 Å². The quantitative estimate of drug-likeness (QED) is 0.637. The fourth-order valence-electron chi connectivity index (χ4n) is 1.23. The molecule has 14 heavy (non-hydrogen) atoms. The van der Waals surface area contributed by atoms with Gasteiger partial charge in [0.1, 0.15) is 0 Å². The van der Waals surface area contributed by atoms with Crippen LogP contribution in [-0.2, 0) is 9.47 Å². The summed E-state index contributed by atoms with van der Waals surface area (Å²) in [5.74, 6) is 0. The highest BCUT2D eigenvalue weighted by atomic mass is 16.7. The molecule has 1 aliphatic rings. The van der Waals surface area contributed by atoms with Crippen LogP contribution in [0.5, 0.6) is 0 Å². The van der Waals surface area contributed by atoms with Crippen LogP contribution in [0.4, 0.5) is 4.79 Å². The third-order valence-electron chi connectivity index (χ3n) is 2.40. The van der Waals surface area contributed by atoms with Crippen molar-refractivity contribution in [2.45, 2.75) is 31.6 Å². The molecule has 0 saturated heterocycles. The summed E-state index contributed by atoms with van der Waals surface area (Å²) in [6.07, 6.45) is 3.02. The first-order valence-corrected chi connectivity index (χ1v) is 4.86. The number of nitrogens with one attached hydrogen (secondary N) is 2. The number of ether oxygens (including phenoxy) is 2. The monoisotopic (exact) mass is 202 g/mol. The number of rotatable bonds is 5. The smallest absolute Gasteiger partial charge is 0.315 e. The zero-order chi connectivity index (χ0) is 10.4. The van der Waals surface area contributed by atoms with Crippen LogP contribution in [0.2, 0.25) is 0 Å². The van der Waals surface area contributed by atoms with Crippen molar-refractivity contribution < 1.29 is 14.3 Å². The predicted molar refractivity (Wildman–Crippen MR) is 52.0 cm³/mol. The van der Waals surface area contributed by atoms with Crippen molar-refractivity contribution in [1.82, 2.24) is 10.6 Å². The van der Waals surface area contributed by atoms with Crippen molar-refractivity contribution in [3.63, 3.8) is 0 Å². The lowest BCUT2D eigenvalue weighted by Gasteiger charge is -2.26. The Morgan fingerprint density at radius 2 is 2.07 bits per heavy atom. The van der Waals surface area contributed by atoms with Crippen LogP contribution in [-0.4, -0.2) is 39.1 Å². The van der Waals surface area contributed by atoms with E-state index in [0.29, 0.717) is 12.6 Å². The Bertz CT molecular complexity index is 179. The molecule has 5 nitrogen and oxygen atoms in total. The molecule has 0 aromatic rings. The average molecular weight is 202 g/mol. The molecule has 1 aliphatic carbocycles. The molecule has 2 amide bonds. The van der Waals surface area contributed by atoms with Gasteiger partial charge in [0.2, 0.25) is 0 Å². The van der Waals surface area contributed by atoms with Gasteiger partial charge < -0.3 is 20.1 Å². The van der Waals surface area contributed by atoms with Gasteiger partial charge in [-0.25, -0.2) is 4.79 Å². The second kappa shape index (κ2) is 5.82.